The Balaban J connectivity index is 1.35. The molecular weight excluding hydrogens is 388 g/mol. The van der Waals surface area contributed by atoms with Crippen LogP contribution in [0.1, 0.15) is 21.5 Å². The minimum absolute atomic E-state index is 0.147. The van der Waals surface area contributed by atoms with Gasteiger partial charge in [0.05, 0.1) is 12.7 Å². The average molecular weight is 417 g/mol. The van der Waals surface area contributed by atoms with Crippen LogP contribution in [0, 0.1) is 13.8 Å². The van der Waals surface area contributed by atoms with Crippen molar-refractivity contribution >= 4 is 23.1 Å². The number of piperazine rings is 1. The van der Waals surface area contributed by atoms with E-state index in [9.17, 15) is 4.79 Å². The van der Waals surface area contributed by atoms with Crippen LogP contribution in [0.5, 0.6) is 5.75 Å². The molecule has 1 N–H and O–H groups in total. The zero-order valence-corrected chi connectivity index (χ0v) is 18.3. The summed E-state index contributed by atoms with van der Waals surface area (Å²) in [7, 11) is 1.68. The number of carbonyl (C=O) groups excluding carboxylic acids is 1. The summed E-state index contributed by atoms with van der Waals surface area (Å²) >= 11 is 0. The van der Waals surface area contributed by atoms with Crippen LogP contribution in [-0.4, -0.2) is 44.2 Å². The van der Waals surface area contributed by atoms with E-state index < -0.39 is 0 Å². The van der Waals surface area contributed by atoms with Crippen molar-refractivity contribution in [3.05, 3.63) is 77.5 Å². The maximum atomic E-state index is 12.6. The predicted octanol–water partition coefficient (Wildman–Crippen LogP) is 4.29. The Bertz CT molecular complexity index is 1040. The fourth-order valence-corrected chi connectivity index (χ4v) is 3.72. The fraction of sp³-hybridized carbons (Fsp3) is 0.280. The zero-order valence-electron chi connectivity index (χ0n) is 18.3. The monoisotopic (exact) mass is 416 g/mol. The number of nitrogens with zero attached hydrogens (tertiary/aromatic N) is 3. The number of hydrogen-bond donors (Lipinski definition) is 1. The highest BCUT2D eigenvalue weighted by Crippen LogP contribution is 2.22. The first-order valence-electron chi connectivity index (χ1n) is 10.5. The van der Waals surface area contributed by atoms with E-state index in [-0.39, 0.29) is 5.91 Å². The molecule has 1 aliphatic heterocycles. The summed E-state index contributed by atoms with van der Waals surface area (Å²) < 4.78 is 5.24. The molecule has 160 valence electrons. The van der Waals surface area contributed by atoms with Gasteiger partial charge in [-0.25, -0.2) is 4.98 Å². The minimum Gasteiger partial charge on any atom is -0.497 e. The first kappa shape index (κ1) is 20.7. The zero-order chi connectivity index (χ0) is 21.8. The van der Waals surface area contributed by atoms with E-state index >= 15 is 0 Å². The number of nitrogens with one attached hydrogen (secondary N) is 1. The van der Waals surface area contributed by atoms with Gasteiger partial charge in [0.1, 0.15) is 11.6 Å². The van der Waals surface area contributed by atoms with Gasteiger partial charge >= 0.3 is 0 Å². The Morgan fingerprint density at radius 2 is 1.61 bits per heavy atom. The summed E-state index contributed by atoms with van der Waals surface area (Å²) in [5.74, 6) is 1.62. The van der Waals surface area contributed by atoms with Crippen molar-refractivity contribution < 1.29 is 9.53 Å². The Morgan fingerprint density at radius 3 is 2.23 bits per heavy atom. The molecule has 0 aliphatic carbocycles. The molecule has 1 aliphatic rings. The summed E-state index contributed by atoms with van der Waals surface area (Å²) in [6.45, 7) is 7.70. The van der Waals surface area contributed by atoms with E-state index in [1.165, 1.54) is 11.3 Å². The molecule has 1 saturated heterocycles. The standard InChI is InChI=1S/C25H28N4O2/c1-18-4-6-21(16-19(18)2)27-25(30)20-5-11-24(26-17-20)29-14-12-28(13-15-29)22-7-9-23(31-3)10-8-22/h4-11,16-17H,12-15H2,1-3H3,(H,27,30). The third kappa shape index (κ3) is 4.79. The van der Waals surface area contributed by atoms with Gasteiger partial charge in [0.2, 0.25) is 0 Å². The number of amides is 1. The molecule has 0 atom stereocenters. The van der Waals surface area contributed by atoms with Gasteiger partial charge in [-0.1, -0.05) is 6.07 Å². The number of carbonyl (C=O) groups is 1. The molecule has 2 heterocycles. The number of aryl methyl sites for hydroxylation is 2. The number of rotatable bonds is 5. The number of aromatic nitrogens is 1. The van der Waals surface area contributed by atoms with Gasteiger partial charge in [-0.15, -0.1) is 0 Å². The second-order valence-electron chi connectivity index (χ2n) is 7.83. The lowest BCUT2D eigenvalue weighted by atomic mass is 10.1. The number of anilines is 3. The molecule has 1 amide bonds. The Labute approximate surface area is 183 Å². The van der Waals surface area contributed by atoms with Gasteiger partial charge in [0, 0.05) is 43.8 Å². The normalized spacial score (nSPS) is 13.8. The molecule has 0 saturated carbocycles. The highest BCUT2D eigenvalue weighted by atomic mass is 16.5. The maximum absolute atomic E-state index is 12.6. The van der Waals surface area contributed by atoms with Gasteiger partial charge < -0.3 is 19.9 Å². The molecule has 4 rings (SSSR count). The van der Waals surface area contributed by atoms with Gasteiger partial charge in [-0.05, 0) is 73.5 Å². The number of methoxy groups -OCH3 is 1. The fourth-order valence-electron chi connectivity index (χ4n) is 3.72. The average Bonchev–Trinajstić information content (AvgIpc) is 2.82. The van der Waals surface area contributed by atoms with E-state index in [2.05, 4.69) is 39.2 Å². The van der Waals surface area contributed by atoms with Crippen LogP contribution in [0.2, 0.25) is 0 Å². The summed E-state index contributed by atoms with van der Waals surface area (Å²) in [6, 6.07) is 17.9. The van der Waals surface area contributed by atoms with Crippen molar-refractivity contribution in [2.75, 3.05) is 48.4 Å². The van der Waals surface area contributed by atoms with Gasteiger partial charge in [0.15, 0.2) is 0 Å². The van der Waals surface area contributed by atoms with E-state index in [1.807, 2.05) is 49.4 Å². The number of pyridine rings is 1. The highest BCUT2D eigenvalue weighted by molar-refractivity contribution is 6.04. The van der Waals surface area contributed by atoms with Gasteiger partial charge in [-0.3, -0.25) is 4.79 Å². The molecule has 31 heavy (non-hydrogen) atoms. The van der Waals surface area contributed by atoms with Crippen molar-refractivity contribution in [2.45, 2.75) is 13.8 Å². The first-order valence-corrected chi connectivity index (χ1v) is 10.5. The Kier molecular flexibility index (Phi) is 6.07. The van der Waals surface area contributed by atoms with E-state index in [1.54, 1.807) is 13.3 Å². The molecular formula is C25H28N4O2. The quantitative estimate of drug-likeness (QED) is 0.673. The second kappa shape index (κ2) is 9.08. The lowest BCUT2D eigenvalue weighted by Gasteiger charge is -2.36. The molecule has 6 nitrogen and oxygen atoms in total. The topological polar surface area (TPSA) is 57.7 Å². The lowest BCUT2D eigenvalue weighted by molar-refractivity contribution is 0.102. The lowest BCUT2D eigenvalue weighted by Crippen LogP contribution is -2.46. The molecule has 1 aromatic heterocycles. The van der Waals surface area contributed by atoms with Crippen molar-refractivity contribution in [2.24, 2.45) is 0 Å². The Morgan fingerprint density at radius 1 is 0.903 bits per heavy atom. The molecule has 2 aromatic carbocycles. The van der Waals surface area contributed by atoms with Crippen LogP contribution >= 0.6 is 0 Å². The van der Waals surface area contributed by atoms with Gasteiger partial charge in [-0.2, -0.15) is 0 Å². The molecule has 0 spiro atoms. The predicted molar refractivity (Wildman–Crippen MR) is 126 cm³/mol. The molecule has 0 bridgehead atoms. The molecule has 0 unspecified atom stereocenters. The van der Waals surface area contributed by atoms with E-state index in [0.29, 0.717) is 5.56 Å². The molecule has 1 fully saturated rings. The first-order chi connectivity index (χ1) is 15.0. The van der Waals surface area contributed by atoms with Crippen molar-refractivity contribution in [1.29, 1.82) is 0 Å². The SMILES string of the molecule is COc1ccc(N2CCN(c3ccc(C(=O)Nc4ccc(C)c(C)c4)cn3)CC2)cc1. The third-order valence-electron chi connectivity index (χ3n) is 5.82. The molecule has 3 aromatic rings. The summed E-state index contributed by atoms with van der Waals surface area (Å²) in [6.07, 6.45) is 1.65. The van der Waals surface area contributed by atoms with Crippen molar-refractivity contribution in [3.8, 4) is 5.75 Å². The summed E-state index contributed by atoms with van der Waals surface area (Å²) in [4.78, 5) is 21.7. The Hall–Kier alpha value is -3.54. The van der Waals surface area contributed by atoms with E-state index in [4.69, 9.17) is 4.74 Å². The van der Waals surface area contributed by atoms with Gasteiger partial charge in [0.25, 0.3) is 5.91 Å². The smallest absolute Gasteiger partial charge is 0.257 e. The van der Waals surface area contributed by atoms with Crippen LogP contribution in [0.4, 0.5) is 17.2 Å². The number of ether oxygens (including phenoxy) is 1. The molecule has 0 radical (unpaired) electrons. The van der Waals surface area contributed by atoms with Crippen LogP contribution in [0.25, 0.3) is 0 Å². The van der Waals surface area contributed by atoms with Crippen LogP contribution in [-0.2, 0) is 0 Å². The van der Waals surface area contributed by atoms with Crippen molar-refractivity contribution in [1.82, 2.24) is 4.98 Å². The van der Waals surface area contributed by atoms with E-state index in [0.717, 1.165) is 49.0 Å². The molecule has 6 heteroatoms. The third-order valence-corrected chi connectivity index (χ3v) is 5.82. The highest BCUT2D eigenvalue weighted by Gasteiger charge is 2.19. The largest absolute Gasteiger partial charge is 0.497 e. The number of benzene rings is 2. The van der Waals surface area contributed by atoms with Crippen LogP contribution in [0.15, 0.2) is 60.8 Å². The van der Waals surface area contributed by atoms with Crippen molar-refractivity contribution in [3.63, 3.8) is 0 Å². The number of hydrogen-bond acceptors (Lipinski definition) is 5. The maximum Gasteiger partial charge on any atom is 0.257 e. The minimum atomic E-state index is -0.147. The van der Waals surface area contributed by atoms with Crippen LogP contribution in [0.3, 0.4) is 0 Å². The summed E-state index contributed by atoms with van der Waals surface area (Å²) in [5, 5.41) is 2.95. The second-order valence-corrected chi connectivity index (χ2v) is 7.83. The van der Waals surface area contributed by atoms with Crippen LogP contribution < -0.4 is 19.9 Å². The summed E-state index contributed by atoms with van der Waals surface area (Å²) in [5.41, 5.74) is 4.91.